The van der Waals surface area contributed by atoms with Gasteiger partial charge >= 0.3 is 6.18 Å². The van der Waals surface area contributed by atoms with Crippen molar-refractivity contribution in [3.8, 4) is 0 Å². The SMILES string of the molecule is CCNC(=NCc1ccccc1CN1CCCCC1)NCCC(F)(F)F.I. The Bertz CT molecular complexity index is 572. The lowest BCUT2D eigenvalue weighted by molar-refractivity contribution is -0.132. The zero-order chi connectivity index (χ0) is 18.8. The normalized spacial score (nSPS) is 15.9. The molecule has 0 bridgehead atoms. The van der Waals surface area contributed by atoms with Crippen molar-refractivity contribution >= 4 is 29.9 Å². The van der Waals surface area contributed by atoms with Crippen molar-refractivity contribution in [2.75, 3.05) is 26.2 Å². The van der Waals surface area contributed by atoms with E-state index >= 15 is 0 Å². The highest BCUT2D eigenvalue weighted by Gasteiger charge is 2.26. The number of likely N-dealkylation sites (tertiary alicyclic amines) is 1. The summed E-state index contributed by atoms with van der Waals surface area (Å²) < 4.78 is 36.9. The van der Waals surface area contributed by atoms with Crippen molar-refractivity contribution in [3.05, 3.63) is 35.4 Å². The molecule has 0 radical (unpaired) electrons. The van der Waals surface area contributed by atoms with Gasteiger partial charge in [-0.3, -0.25) is 4.90 Å². The third kappa shape index (κ3) is 9.64. The molecule has 1 saturated heterocycles. The number of nitrogens with zero attached hydrogens (tertiary/aromatic N) is 2. The van der Waals surface area contributed by atoms with Crippen LogP contribution in [-0.2, 0) is 13.1 Å². The van der Waals surface area contributed by atoms with Crippen molar-refractivity contribution in [3.63, 3.8) is 0 Å². The van der Waals surface area contributed by atoms with E-state index in [0.717, 1.165) is 25.2 Å². The monoisotopic (exact) mass is 498 g/mol. The van der Waals surface area contributed by atoms with E-state index in [4.69, 9.17) is 0 Å². The Balaban J connectivity index is 0.00000364. The average molecular weight is 498 g/mol. The van der Waals surface area contributed by atoms with Crippen LogP contribution in [0.3, 0.4) is 0 Å². The van der Waals surface area contributed by atoms with Crippen LogP contribution >= 0.6 is 24.0 Å². The summed E-state index contributed by atoms with van der Waals surface area (Å²) in [5.74, 6) is 0.421. The molecule has 0 saturated carbocycles. The first-order valence-corrected chi connectivity index (χ1v) is 9.36. The standard InChI is InChI=1S/C19H29F3N4.HI/c1-2-23-18(24-11-10-19(20,21)22)25-14-16-8-4-5-9-17(16)15-26-12-6-3-7-13-26;/h4-5,8-9H,2-3,6-7,10-15H2,1H3,(H2,23,24,25);1H. The molecule has 1 aromatic carbocycles. The number of benzene rings is 1. The van der Waals surface area contributed by atoms with Gasteiger partial charge in [-0.15, -0.1) is 24.0 Å². The zero-order valence-electron chi connectivity index (χ0n) is 15.8. The minimum Gasteiger partial charge on any atom is -0.357 e. The molecule has 1 aliphatic rings. The van der Waals surface area contributed by atoms with E-state index in [0.29, 0.717) is 19.0 Å². The highest BCUT2D eigenvalue weighted by molar-refractivity contribution is 14.0. The Labute approximate surface area is 177 Å². The Morgan fingerprint density at radius 1 is 1.07 bits per heavy atom. The van der Waals surface area contributed by atoms with Crippen LogP contribution in [0.2, 0.25) is 0 Å². The van der Waals surface area contributed by atoms with Crippen LogP contribution in [0, 0.1) is 0 Å². The largest absolute Gasteiger partial charge is 0.390 e. The molecule has 8 heteroatoms. The molecule has 0 unspecified atom stereocenters. The molecule has 4 nitrogen and oxygen atoms in total. The summed E-state index contributed by atoms with van der Waals surface area (Å²) >= 11 is 0. The van der Waals surface area contributed by atoms with Crippen LogP contribution in [0.25, 0.3) is 0 Å². The summed E-state index contributed by atoms with van der Waals surface area (Å²) in [6, 6.07) is 8.17. The lowest BCUT2D eigenvalue weighted by Gasteiger charge is -2.27. The number of guanidine groups is 1. The molecule has 1 fully saturated rings. The maximum atomic E-state index is 12.3. The van der Waals surface area contributed by atoms with E-state index in [1.165, 1.54) is 24.8 Å². The molecule has 0 atom stereocenters. The van der Waals surface area contributed by atoms with Gasteiger partial charge in [-0.05, 0) is 44.0 Å². The lowest BCUT2D eigenvalue weighted by Crippen LogP contribution is -2.38. The van der Waals surface area contributed by atoms with Gasteiger partial charge in [0.15, 0.2) is 5.96 Å². The first-order valence-electron chi connectivity index (χ1n) is 9.36. The minimum atomic E-state index is -4.16. The van der Waals surface area contributed by atoms with Gasteiger partial charge in [0, 0.05) is 19.6 Å². The van der Waals surface area contributed by atoms with Crippen LogP contribution in [-0.4, -0.2) is 43.2 Å². The van der Waals surface area contributed by atoms with Gasteiger partial charge < -0.3 is 10.6 Å². The molecule has 1 aromatic rings. The number of hydrogen-bond donors (Lipinski definition) is 2. The second-order valence-electron chi connectivity index (χ2n) is 6.59. The Hall–Kier alpha value is -1.03. The Morgan fingerprint density at radius 2 is 1.74 bits per heavy atom. The molecule has 2 N–H and O–H groups in total. The highest BCUT2D eigenvalue weighted by atomic mass is 127. The molecular formula is C19H30F3IN4. The summed E-state index contributed by atoms with van der Waals surface area (Å²) in [4.78, 5) is 6.92. The number of nitrogens with one attached hydrogen (secondary N) is 2. The van der Waals surface area contributed by atoms with E-state index in [1.807, 2.05) is 25.1 Å². The van der Waals surface area contributed by atoms with Gasteiger partial charge in [0.25, 0.3) is 0 Å². The molecule has 1 heterocycles. The second-order valence-corrected chi connectivity index (χ2v) is 6.59. The van der Waals surface area contributed by atoms with Crippen molar-refractivity contribution in [2.24, 2.45) is 4.99 Å². The first-order chi connectivity index (χ1) is 12.5. The molecule has 154 valence electrons. The van der Waals surface area contributed by atoms with Gasteiger partial charge in [0.05, 0.1) is 13.0 Å². The van der Waals surface area contributed by atoms with Gasteiger partial charge in [0.1, 0.15) is 0 Å². The topological polar surface area (TPSA) is 39.7 Å². The van der Waals surface area contributed by atoms with Crippen molar-refractivity contribution in [2.45, 2.75) is 51.9 Å². The van der Waals surface area contributed by atoms with Gasteiger partial charge in [-0.25, -0.2) is 4.99 Å². The number of hydrogen-bond acceptors (Lipinski definition) is 2. The van der Waals surface area contributed by atoms with Crippen molar-refractivity contribution in [1.29, 1.82) is 0 Å². The van der Waals surface area contributed by atoms with Crippen LogP contribution in [0.5, 0.6) is 0 Å². The lowest BCUT2D eigenvalue weighted by atomic mass is 10.1. The zero-order valence-corrected chi connectivity index (χ0v) is 18.1. The quantitative estimate of drug-likeness (QED) is 0.335. The van der Waals surface area contributed by atoms with Gasteiger partial charge in [0.2, 0.25) is 0 Å². The first kappa shape index (κ1) is 24.0. The summed E-state index contributed by atoms with van der Waals surface area (Å²) in [7, 11) is 0. The van der Waals surface area contributed by atoms with Crippen LogP contribution < -0.4 is 10.6 Å². The summed E-state index contributed by atoms with van der Waals surface area (Å²) in [6.07, 6.45) is -1.24. The highest BCUT2D eigenvalue weighted by Crippen LogP contribution is 2.18. The van der Waals surface area contributed by atoms with Crippen LogP contribution in [0.15, 0.2) is 29.3 Å². The van der Waals surface area contributed by atoms with E-state index in [1.54, 1.807) is 0 Å². The van der Waals surface area contributed by atoms with Crippen molar-refractivity contribution < 1.29 is 13.2 Å². The summed E-state index contributed by atoms with van der Waals surface area (Å²) in [6.45, 7) is 5.93. The fourth-order valence-electron chi connectivity index (χ4n) is 3.05. The van der Waals surface area contributed by atoms with Crippen LogP contribution in [0.4, 0.5) is 13.2 Å². The van der Waals surface area contributed by atoms with E-state index in [9.17, 15) is 13.2 Å². The Kier molecular flexibility index (Phi) is 11.1. The molecule has 27 heavy (non-hydrogen) atoms. The molecule has 1 aliphatic heterocycles. The molecule has 0 amide bonds. The average Bonchev–Trinajstić information content (AvgIpc) is 2.60. The fraction of sp³-hybridized carbons (Fsp3) is 0.632. The number of rotatable bonds is 7. The summed E-state index contributed by atoms with van der Waals surface area (Å²) in [5, 5.41) is 5.76. The fourth-order valence-corrected chi connectivity index (χ4v) is 3.05. The molecule has 0 aromatic heterocycles. The van der Waals surface area contributed by atoms with E-state index in [-0.39, 0.29) is 30.5 Å². The maximum absolute atomic E-state index is 12.3. The van der Waals surface area contributed by atoms with Crippen molar-refractivity contribution in [1.82, 2.24) is 15.5 Å². The summed E-state index contributed by atoms with van der Waals surface area (Å²) in [5.41, 5.74) is 2.36. The maximum Gasteiger partial charge on any atom is 0.390 e. The number of halogens is 4. The molecule has 2 rings (SSSR count). The minimum absolute atomic E-state index is 0. The smallest absolute Gasteiger partial charge is 0.357 e. The van der Waals surface area contributed by atoms with Crippen LogP contribution in [0.1, 0.15) is 43.7 Å². The predicted octanol–water partition coefficient (Wildman–Crippen LogP) is 4.30. The third-order valence-electron chi connectivity index (χ3n) is 4.41. The molecular weight excluding hydrogens is 468 g/mol. The number of aliphatic imine (C=N–C) groups is 1. The third-order valence-corrected chi connectivity index (χ3v) is 4.41. The van der Waals surface area contributed by atoms with Gasteiger partial charge in [-0.2, -0.15) is 13.2 Å². The van der Waals surface area contributed by atoms with Gasteiger partial charge in [-0.1, -0.05) is 30.7 Å². The molecule has 0 spiro atoms. The number of piperidine rings is 1. The van der Waals surface area contributed by atoms with E-state index < -0.39 is 12.6 Å². The Morgan fingerprint density at radius 3 is 2.37 bits per heavy atom. The predicted molar refractivity (Wildman–Crippen MR) is 114 cm³/mol. The van der Waals surface area contributed by atoms with E-state index in [2.05, 4.69) is 26.6 Å². The molecule has 0 aliphatic carbocycles. The number of alkyl halides is 3. The second kappa shape index (κ2) is 12.4.